The largest absolute Gasteiger partial charge is 0.356 e. The number of hydrogen-bond donors (Lipinski definition) is 2. The first-order valence-electron chi connectivity index (χ1n) is 9.93. The van der Waals surface area contributed by atoms with Crippen LogP contribution >= 0.6 is 0 Å². The molecular weight excluding hydrogens is 302 g/mol. The quantitative estimate of drug-likeness (QED) is 0.729. The number of piperidine rings is 2. The van der Waals surface area contributed by atoms with E-state index in [-0.39, 0.29) is 17.7 Å². The summed E-state index contributed by atoms with van der Waals surface area (Å²) >= 11 is 0. The fraction of sp³-hybridized carbons (Fsp3) is 0.895. The molecule has 24 heavy (non-hydrogen) atoms. The molecule has 5 nitrogen and oxygen atoms in total. The molecule has 2 saturated heterocycles. The molecule has 3 rings (SSSR count). The normalized spacial score (nSPS) is 26.4. The molecule has 0 radical (unpaired) electrons. The number of amides is 2. The van der Waals surface area contributed by atoms with Crippen LogP contribution in [0, 0.1) is 17.3 Å². The number of carbonyl (C=O) groups excluding carboxylic acids is 2. The second-order valence-corrected chi connectivity index (χ2v) is 7.97. The molecule has 1 aliphatic carbocycles. The van der Waals surface area contributed by atoms with Gasteiger partial charge in [0.1, 0.15) is 0 Å². The van der Waals surface area contributed by atoms with Crippen LogP contribution in [0.25, 0.3) is 0 Å². The lowest BCUT2D eigenvalue weighted by Gasteiger charge is -2.32. The van der Waals surface area contributed by atoms with Crippen molar-refractivity contribution in [1.82, 2.24) is 15.5 Å². The molecule has 2 heterocycles. The average molecular weight is 335 g/mol. The van der Waals surface area contributed by atoms with Gasteiger partial charge in [-0.2, -0.15) is 0 Å². The maximum atomic E-state index is 12.8. The van der Waals surface area contributed by atoms with E-state index >= 15 is 0 Å². The smallest absolute Gasteiger partial charge is 0.226 e. The molecule has 2 aliphatic heterocycles. The number of carbonyl (C=O) groups is 2. The minimum Gasteiger partial charge on any atom is -0.356 e. The van der Waals surface area contributed by atoms with E-state index in [1.165, 1.54) is 12.8 Å². The molecule has 2 amide bonds. The molecule has 3 fully saturated rings. The van der Waals surface area contributed by atoms with E-state index in [9.17, 15) is 9.59 Å². The number of hydrogen-bond acceptors (Lipinski definition) is 3. The van der Waals surface area contributed by atoms with Crippen molar-refractivity contribution in [2.75, 3.05) is 32.7 Å². The zero-order valence-electron chi connectivity index (χ0n) is 15.1. The Labute approximate surface area is 145 Å². The molecule has 5 heteroatoms. The Morgan fingerprint density at radius 3 is 2.54 bits per heavy atom. The molecular formula is C19H33N3O2. The van der Waals surface area contributed by atoms with Crippen LogP contribution in [0.5, 0.6) is 0 Å². The zero-order chi connectivity index (χ0) is 17.0. The van der Waals surface area contributed by atoms with Crippen molar-refractivity contribution in [2.24, 2.45) is 17.3 Å². The summed E-state index contributed by atoms with van der Waals surface area (Å²) in [6.07, 6.45) is 8.46. The topological polar surface area (TPSA) is 61.4 Å². The fourth-order valence-electron chi connectivity index (χ4n) is 4.49. The molecule has 1 atom stereocenters. The summed E-state index contributed by atoms with van der Waals surface area (Å²) < 4.78 is 0. The Morgan fingerprint density at radius 1 is 1.17 bits per heavy atom. The number of rotatable bonds is 6. The minimum absolute atomic E-state index is 0.0997. The molecule has 136 valence electrons. The molecule has 1 unspecified atom stereocenters. The first kappa shape index (κ1) is 17.7. The van der Waals surface area contributed by atoms with Crippen molar-refractivity contribution in [3.05, 3.63) is 0 Å². The zero-order valence-corrected chi connectivity index (χ0v) is 15.1. The summed E-state index contributed by atoms with van der Waals surface area (Å²) in [5, 5.41) is 6.46. The molecule has 0 aromatic rings. The van der Waals surface area contributed by atoms with Crippen LogP contribution in [0.1, 0.15) is 58.3 Å². The fourth-order valence-corrected chi connectivity index (χ4v) is 4.49. The van der Waals surface area contributed by atoms with E-state index in [0.717, 1.165) is 71.2 Å². The van der Waals surface area contributed by atoms with E-state index < -0.39 is 0 Å². The van der Waals surface area contributed by atoms with Gasteiger partial charge in [0.25, 0.3) is 0 Å². The number of nitrogens with zero attached hydrogens (tertiary/aromatic N) is 1. The van der Waals surface area contributed by atoms with E-state index in [4.69, 9.17) is 0 Å². The number of likely N-dealkylation sites (tertiary alicyclic amines) is 1. The van der Waals surface area contributed by atoms with Crippen LogP contribution in [0.3, 0.4) is 0 Å². The van der Waals surface area contributed by atoms with E-state index in [1.807, 2.05) is 4.90 Å². The van der Waals surface area contributed by atoms with Gasteiger partial charge in [0.15, 0.2) is 0 Å². The Hall–Kier alpha value is -1.10. The van der Waals surface area contributed by atoms with Gasteiger partial charge in [0, 0.05) is 31.5 Å². The van der Waals surface area contributed by atoms with Gasteiger partial charge < -0.3 is 15.5 Å². The van der Waals surface area contributed by atoms with Crippen molar-refractivity contribution in [1.29, 1.82) is 0 Å². The molecule has 0 bridgehead atoms. The Morgan fingerprint density at radius 2 is 1.88 bits per heavy atom. The van der Waals surface area contributed by atoms with Gasteiger partial charge in [0.05, 0.1) is 0 Å². The van der Waals surface area contributed by atoms with E-state index in [0.29, 0.717) is 11.3 Å². The second-order valence-electron chi connectivity index (χ2n) is 7.97. The molecule has 0 aromatic heterocycles. The summed E-state index contributed by atoms with van der Waals surface area (Å²) in [4.78, 5) is 27.0. The van der Waals surface area contributed by atoms with Crippen molar-refractivity contribution in [3.8, 4) is 0 Å². The molecule has 3 aliphatic rings. The minimum atomic E-state index is 0.0997. The maximum Gasteiger partial charge on any atom is 0.226 e. The van der Waals surface area contributed by atoms with Crippen LogP contribution in [0.15, 0.2) is 0 Å². The van der Waals surface area contributed by atoms with Gasteiger partial charge in [-0.15, -0.1) is 0 Å². The van der Waals surface area contributed by atoms with Gasteiger partial charge in [-0.3, -0.25) is 9.59 Å². The highest BCUT2D eigenvalue weighted by molar-refractivity contribution is 5.83. The highest BCUT2D eigenvalue weighted by atomic mass is 16.2. The predicted molar refractivity (Wildman–Crippen MR) is 94.5 cm³/mol. The molecule has 1 spiro atoms. The van der Waals surface area contributed by atoms with Crippen molar-refractivity contribution >= 4 is 11.8 Å². The van der Waals surface area contributed by atoms with Gasteiger partial charge in [-0.25, -0.2) is 0 Å². The summed E-state index contributed by atoms with van der Waals surface area (Å²) in [5.74, 6) is 0.917. The van der Waals surface area contributed by atoms with E-state index in [1.54, 1.807) is 0 Å². The lowest BCUT2D eigenvalue weighted by molar-refractivity contribution is -0.137. The number of unbranched alkanes of at least 4 members (excludes halogenated alkanes) is 2. The average Bonchev–Trinajstić information content (AvgIpc) is 3.31. The highest BCUT2D eigenvalue weighted by Gasteiger charge is 2.58. The first-order chi connectivity index (χ1) is 11.7. The van der Waals surface area contributed by atoms with Crippen LogP contribution in [0.2, 0.25) is 0 Å². The summed E-state index contributed by atoms with van der Waals surface area (Å²) in [6, 6.07) is 0. The first-order valence-corrected chi connectivity index (χ1v) is 9.93. The monoisotopic (exact) mass is 335 g/mol. The van der Waals surface area contributed by atoms with E-state index in [2.05, 4.69) is 17.6 Å². The summed E-state index contributed by atoms with van der Waals surface area (Å²) in [6.45, 7) is 6.61. The van der Waals surface area contributed by atoms with Gasteiger partial charge in [-0.05, 0) is 57.0 Å². The predicted octanol–water partition coefficient (Wildman–Crippen LogP) is 1.92. The highest BCUT2D eigenvalue weighted by Crippen LogP contribution is 2.59. The van der Waals surface area contributed by atoms with Crippen molar-refractivity contribution in [2.45, 2.75) is 58.3 Å². The maximum absolute atomic E-state index is 12.8. The third-order valence-corrected chi connectivity index (χ3v) is 6.34. The lowest BCUT2D eigenvalue weighted by atomic mass is 9.90. The SMILES string of the molecule is CCCCCNC(=O)C1CCN(C(=O)C2CC23CCNCC3)CC1. The summed E-state index contributed by atoms with van der Waals surface area (Å²) in [5.41, 5.74) is 0.315. The third kappa shape index (κ3) is 3.93. The van der Waals surface area contributed by atoms with Gasteiger partial charge >= 0.3 is 0 Å². The number of nitrogens with one attached hydrogen (secondary N) is 2. The van der Waals surface area contributed by atoms with Gasteiger partial charge in [-0.1, -0.05) is 19.8 Å². The van der Waals surface area contributed by atoms with Crippen LogP contribution in [0.4, 0.5) is 0 Å². The third-order valence-electron chi connectivity index (χ3n) is 6.34. The van der Waals surface area contributed by atoms with Crippen molar-refractivity contribution < 1.29 is 9.59 Å². The van der Waals surface area contributed by atoms with Crippen LogP contribution in [-0.4, -0.2) is 49.4 Å². The van der Waals surface area contributed by atoms with Crippen LogP contribution in [-0.2, 0) is 9.59 Å². The molecule has 0 aromatic carbocycles. The lowest BCUT2D eigenvalue weighted by Crippen LogP contribution is -2.44. The summed E-state index contributed by atoms with van der Waals surface area (Å²) in [7, 11) is 0. The van der Waals surface area contributed by atoms with Gasteiger partial charge in [0.2, 0.25) is 11.8 Å². The Bertz CT molecular complexity index is 452. The Balaban J connectivity index is 1.39. The molecule has 1 saturated carbocycles. The molecule has 2 N–H and O–H groups in total. The Kier molecular flexibility index (Phi) is 5.80. The van der Waals surface area contributed by atoms with Crippen LogP contribution < -0.4 is 10.6 Å². The second kappa shape index (κ2) is 7.85. The van der Waals surface area contributed by atoms with Crippen molar-refractivity contribution in [3.63, 3.8) is 0 Å². The standard InChI is InChI=1S/C19H33N3O2/c1-2-3-4-9-21-17(23)15-5-12-22(13-6-15)18(24)16-14-19(16)7-10-20-11-8-19/h15-16,20H,2-14H2,1H3,(H,21,23).